The molecule has 0 fully saturated rings. The zero-order valence-corrected chi connectivity index (χ0v) is 24.3. The van der Waals surface area contributed by atoms with Crippen molar-refractivity contribution in [1.29, 1.82) is 0 Å². The number of halogens is 2. The summed E-state index contributed by atoms with van der Waals surface area (Å²) in [6, 6.07) is 19.8. The van der Waals surface area contributed by atoms with Gasteiger partial charge >= 0.3 is 0 Å². The van der Waals surface area contributed by atoms with Crippen LogP contribution in [-0.2, 0) is 32.6 Å². The number of carbonyl (C=O) groups is 2. The standard InChI is InChI=1S/C28H31Cl2N3O5S/c1-4-31-28(35)25(16-20-9-6-5-7-10-20)32(18-21-11-8-12-22(29)15-21)27(34)19-33(39(3,36)37)24-17-23(30)13-14-26(24)38-2/h5-15,17,25H,4,16,18-19H2,1-3H3,(H,31,35). The average Bonchev–Trinajstić information content (AvgIpc) is 2.89. The molecule has 0 aliphatic carbocycles. The summed E-state index contributed by atoms with van der Waals surface area (Å²) in [6.07, 6.45) is 1.21. The van der Waals surface area contributed by atoms with Gasteiger partial charge in [0.2, 0.25) is 21.8 Å². The lowest BCUT2D eigenvalue weighted by Crippen LogP contribution is -2.53. The van der Waals surface area contributed by atoms with E-state index in [1.54, 1.807) is 37.3 Å². The van der Waals surface area contributed by atoms with Crippen molar-refractivity contribution in [3.63, 3.8) is 0 Å². The molecular weight excluding hydrogens is 561 g/mol. The minimum atomic E-state index is -3.97. The van der Waals surface area contributed by atoms with Crippen LogP contribution in [0.1, 0.15) is 18.1 Å². The number of likely N-dealkylation sites (N-methyl/N-ethyl adjacent to an activating group) is 1. The average molecular weight is 593 g/mol. The van der Waals surface area contributed by atoms with Crippen LogP contribution in [0.3, 0.4) is 0 Å². The van der Waals surface area contributed by atoms with Gasteiger partial charge in [-0.1, -0.05) is 65.7 Å². The number of rotatable bonds is 12. The predicted molar refractivity (Wildman–Crippen MR) is 155 cm³/mol. The highest BCUT2D eigenvalue weighted by atomic mass is 35.5. The summed E-state index contributed by atoms with van der Waals surface area (Å²) < 4.78 is 32.1. The van der Waals surface area contributed by atoms with Crippen LogP contribution in [-0.4, -0.2) is 57.6 Å². The van der Waals surface area contributed by atoms with E-state index in [2.05, 4.69) is 5.32 Å². The van der Waals surface area contributed by atoms with Crippen LogP contribution >= 0.6 is 23.2 Å². The zero-order valence-electron chi connectivity index (χ0n) is 21.9. The molecule has 0 heterocycles. The minimum absolute atomic E-state index is 0.0261. The molecule has 11 heteroatoms. The van der Waals surface area contributed by atoms with Crippen LogP contribution in [0.5, 0.6) is 5.75 Å². The van der Waals surface area contributed by atoms with E-state index < -0.39 is 28.5 Å². The third-order valence-electron chi connectivity index (χ3n) is 5.95. The molecule has 0 spiro atoms. The molecule has 0 saturated carbocycles. The second-order valence-corrected chi connectivity index (χ2v) is 11.6. The number of benzene rings is 3. The van der Waals surface area contributed by atoms with Crippen LogP contribution in [0.2, 0.25) is 10.0 Å². The smallest absolute Gasteiger partial charge is 0.244 e. The Balaban J connectivity index is 2.08. The number of sulfonamides is 1. The van der Waals surface area contributed by atoms with Gasteiger partial charge < -0.3 is 15.0 Å². The highest BCUT2D eigenvalue weighted by Crippen LogP contribution is 2.33. The molecule has 1 atom stereocenters. The monoisotopic (exact) mass is 591 g/mol. The van der Waals surface area contributed by atoms with Crippen LogP contribution < -0.4 is 14.4 Å². The van der Waals surface area contributed by atoms with E-state index >= 15 is 0 Å². The van der Waals surface area contributed by atoms with Crippen molar-refractivity contribution in [2.24, 2.45) is 0 Å². The summed E-state index contributed by atoms with van der Waals surface area (Å²) in [7, 11) is -2.57. The molecule has 0 radical (unpaired) electrons. The Morgan fingerprint density at radius 3 is 2.23 bits per heavy atom. The fourth-order valence-corrected chi connectivity index (χ4v) is 5.35. The number of nitrogens with one attached hydrogen (secondary N) is 1. The molecule has 208 valence electrons. The number of amides is 2. The van der Waals surface area contributed by atoms with Crippen molar-refractivity contribution in [2.45, 2.75) is 25.9 Å². The fraction of sp³-hybridized carbons (Fsp3) is 0.286. The first kappa shape index (κ1) is 30.3. The van der Waals surface area contributed by atoms with Gasteiger partial charge in [-0.2, -0.15) is 0 Å². The summed E-state index contributed by atoms with van der Waals surface area (Å²) >= 11 is 12.4. The zero-order chi connectivity index (χ0) is 28.6. The molecule has 39 heavy (non-hydrogen) atoms. The van der Waals surface area contributed by atoms with Gasteiger partial charge in [-0.15, -0.1) is 0 Å². The van der Waals surface area contributed by atoms with Gasteiger partial charge in [0.1, 0.15) is 18.3 Å². The lowest BCUT2D eigenvalue weighted by atomic mass is 10.0. The summed E-state index contributed by atoms with van der Waals surface area (Å²) in [5, 5.41) is 3.55. The van der Waals surface area contributed by atoms with Crippen LogP contribution in [0, 0.1) is 0 Å². The maximum absolute atomic E-state index is 14.0. The molecule has 3 aromatic carbocycles. The van der Waals surface area contributed by atoms with Gasteiger partial charge in [0.25, 0.3) is 0 Å². The Labute approximate surface area is 239 Å². The number of nitrogens with zero attached hydrogens (tertiary/aromatic N) is 2. The fourth-order valence-electron chi connectivity index (χ4n) is 4.13. The molecule has 1 unspecified atom stereocenters. The van der Waals surface area contributed by atoms with Gasteiger partial charge in [0.05, 0.1) is 19.1 Å². The SMILES string of the molecule is CCNC(=O)C(Cc1ccccc1)N(Cc1cccc(Cl)c1)C(=O)CN(c1cc(Cl)ccc1OC)S(C)(=O)=O. The Morgan fingerprint density at radius 1 is 0.949 bits per heavy atom. The van der Waals surface area contributed by atoms with Crippen molar-refractivity contribution in [3.05, 3.63) is 94.0 Å². The van der Waals surface area contributed by atoms with Gasteiger partial charge in [-0.25, -0.2) is 8.42 Å². The molecular formula is C28H31Cl2N3O5S. The first-order valence-corrected chi connectivity index (χ1v) is 14.8. The summed E-state index contributed by atoms with van der Waals surface area (Å²) in [6.45, 7) is 1.59. The van der Waals surface area contributed by atoms with E-state index in [1.165, 1.54) is 24.1 Å². The topological polar surface area (TPSA) is 96.0 Å². The van der Waals surface area contributed by atoms with E-state index in [4.69, 9.17) is 27.9 Å². The first-order valence-electron chi connectivity index (χ1n) is 12.2. The number of hydrogen-bond acceptors (Lipinski definition) is 5. The molecule has 2 amide bonds. The Morgan fingerprint density at radius 2 is 1.62 bits per heavy atom. The van der Waals surface area contributed by atoms with E-state index in [1.807, 2.05) is 30.3 Å². The number of ether oxygens (including phenoxy) is 1. The largest absolute Gasteiger partial charge is 0.495 e. The molecule has 0 aliphatic heterocycles. The van der Waals surface area contributed by atoms with Crippen molar-refractivity contribution in [1.82, 2.24) is 10.2 Å². The number of methoxy groups -OCH3 is 1. The number of anilines is 1. The van der Waals surface area contributed by atoms with Gasteiger partial charge in [0.15, 0.2) is 0 Å². The normalized spacial score (nSPS) is 11.9. The number of carbonyl (C=O) groups excluding carboxylic acids is 2. The van der Waals surface area contributed by atoms with E-state index in [9.17, 15) is 18.0 Å². The Hall–Kier alpha value is -3.27. The molecule has 3 rings (SSSR count). The predicted octanol–water partition coefficient (Wildman–Crippen LogP) is 4.54. The van der Waals surface area contributed by atoms with E-state index in [0.717, 1.165) is 16.1 Å². The molecule has 0 bridgehead atoms. The molecule has 0 saturated heterocycles. The summed E-state index contributed by atoms with van der Waals surface area (Å²) in [4.78, 5) is 28.8. The molecule has 0 aliphatic rings. The van der Waals surface area contributed by atoms with Gasteiger partial charge in [0, 0.05) is 29.6 Å². The lowest BCUT2D eigenvalue weighted by molar-refractivity contribution is -0.140. The second kappa shape index (κ2) is 13.7. The highest BCUT2D eigenvalue weighted by molar-refractivity contribution is 7.92. The quantitative estimate of drug-likeness (QED) is 0.333. The van der Waals surface area contributed by atoms with Crippen molar-refractivity contribution in [2.75, 3.05) is 30.8 Å². The second-order valence-electron chi connectivity index (χ2n) is 8.84. The van der Waals surface area contributed by atoms with Gasteiger partial charge in [-0.05, 0) is 48.4 Å². The van der Waals surface area contributed by atoms with Crippen LogP contribution in [0.25, 0.3) is 0 Å². The highest BCUT2D eigenvalue weighted by Gasteiger charge is 2.33. The Bertz CT molecular complexity index is 1400. The van der Waals surface area contributed by atoms with E-state index in [-0.39, 0.29) is 35.3 Å². The van der Waals surface area contributed by atoms with Gasteiger partial charge in [-0.3, -0.25) is 13.9 Å². The molecule has 1 N–H and O–H groups in total. The van der Waals surface area contributed by atoms with Crippen molar-refractivity contribution in [3.8, 4) is 5.75 Å². The molecule has 0 aromatic heterocycles. The summed E-state index contributed by atoms with van der Waals surface area (Å²) in [5.41, 5.74) is 1.64. The van der Waals surface area contributed by atoms with Crippen molar-refractivity contribution < 1.29 is 22.7 Å². The molecule has 3 aromatic rings. The lowest BCUT2D eigenvalue weighted by Gasteiger charge is -2.33. The maximum atomic E-state index is 14.0. The minimum Gasteiger partial charge on any atom is -0.495 e. The first-order chi connectivity index (χ1) is 18.5. The Kier molecular flexibility index (Phi) is 10.6. The molecule has 8 nitrogen and oxygen atoms in total. The maximum Gasteiger partial charge on any atom is 0.244 e. The van der Waals surface area contributed by atoms with Crippen LogP contribution in [0.15, 0.2) is 72.8 Å². The van der Waals surface area contributed by atoms with E-state index in [0.29, 0.717) is 17.1 Å². The summed E-state index contributed by atoms with van der Waals surface area (Å²) in [5.74, 6) is -0.721. The number of hydrogen-bond donors (Lipinski definition) is 1. The third-order valence-corrected chi connectivity index (χ3v) is 7.55. The van der Waals surface area contributed by atoms with Crippen molar-refractivity contribution >= 4 is 50.7 Å². The van der Waals surface area contributed by atoms with Crippen LogP contribution in [0.4, 0.5) is 5.69 Å². The third kappa shape index (κ3) is 8.36.